The van der Waals surface area contributed by atoms with Crippen LogP contribution in [0.5, 0.6) is 0 Å². The monoisotopic (exact) mass is 255 g/mol. The smallest absolute Gasteiger partial charge is 0.165 e. The Morgan fingerprint density at radius 1 is 1.33 bits per heavy atom. The summed E-state index contributed by atoms with van der Waals surface area (Å²) in [4.78, 5) is 14.5. The number of nitrogens with zero attached hydrogens (tertiary/aromatic N) is 1. The van der Waals surface area contributed by atoms with Crippen molar-refractivity contribution in [1.82, 2.24) is 4.90 Å². The number of hydrogen-bond donors (Lipinski definition) is 0. The second-order valence-electron chi connectivity index (χ2n) is 6.44. The van der Waals surface area contributed by atoms with Crippen molar-refractivity contribution in [2.75, 3.05) is 20.2 Å². The first kappa shape index (κ1) is 15.6. The molecule has 0 aromatic rings. The highest BCUT2D eigenvalue weighted by molar-refractivity contribution is 5.86. The molecule has 0 bridgehead atoms. The average Bonchev–Trinajstić information content (AvgIpc) is 2.31. The molecule has 0 saturated carbocycles. The summed E-state index contributed by atoms with van der Waals surface area (Å²) >= 11 is 0. The number of ketones is 1. The fourth-order valence-corrected chi connectivity index (χ4v) is 2.79. The molecule has 18 heavy (non-hydrogen) atoms. The second kappa shape index (κ2) is 6.16. The molecule has 3 heteroatoms. The number of Topliss-reactive ketones (excluding diaryl/α,β-unsaturated/α-hetero) is 1. The molecule has 1 rings (SSSR count). The molecule has 0 aromatic carbocycles. The predicted molar refractivity (Wildman–Crippen MR) is 74.7 cm³/mol. The number of carbonyl (C=O) groups excluding carboxylic acids is 1. The van der Waals surface area contributed by atoms with Gasteiger partial charge < -0.3 is 4.74 Å². The maximum atomic E-state index is 12.1. The highest BCUT2D eigenvalue weighted by atomic mass is 16.5. The van der Waals surface area contributed by atoms with E-state index in [0.717, 1.165) is 24.9 Å². The number of carbonyl (C=O) groups is 1. The third-order valence-electron chi connectivity index (χ3n) is 4.53. The van der Waals surface area contributed by atoms with Crippen LogP contribution in [0.4, 0.5) is 0 Å². The maximum Gasteiger partial charge on any atom is 0.165 e. The van der Waals surface area contributed by atoms with Crippen molar-refractivity contribution in [3.05, 3.63) is 0 Å². The molecular formula is C15H29NO2. The van der Waals surface area contributed by atoms with Crippen molar-refractivity contribution in [2.24, 2.45) is 11.8 Å². The topological polar surface area (TPSA) is 29.5 Å². The summed E-state index contributed by atoms with van der Waals surface area (Å²) in [6.07, 6.45) is 1.89. The van der Waals surface area contributed by atoms with Gasteiger partial charge >= 0.3 is 0 Å². The van der Waals surface area contributed by atoms with Gasteiger partial charge in [0.15, 0.2) is 5.78 Å². The molecule has 3 atom stereocenters. The molecule has 1 heterocycles. The number of methoxy groups -OCH3 is 1. The van der Waals surface area contributed by atoms with Gasteiger partial charge in [0.1, 0.15) is 5.60 Å². The molecule has 3 nitrogen and oxygen atoms in total. The third kappa shape index (κ3) is 3.79. The molecule has 106 valence electrons. The zero-order valence-electron chi connectivity index (χ0n) is 12.8. The summed E-state index contributed by atoms with van der Waals surface area (Å²) in [5, 5.41) is 0. The lowest BCUT2D eigenvalue weighted by molar-refractivity contribution is -0.137. The van der Waals surface area contributed by atoms with Crippen LogP contribution in [0.25, 0.3) is 0 Å². The van der Waals surface area contributed by atoms with E-state index in [9.17, 15) is 4.79 Å². The molecule has 1 saturated heterocycles. The van der Waals surface area contributed by atoms with E-state index >= 15 is 0 Å². The fraction of sp³-hybridized carbons (Fsp3) is 0.933. The third-order valence-corrected chi connectivity index (χ3v) is 4.53. The Morgan fingerprint density at radius 2 is 1.94 bits per heavy atom. The van der Waals surface area contributed by atoms with Gasteiger partial charge in [0.2, 0.25) is 0 Å². The zero-order valence-corrected chi connectivity index (χ0v) is 12.8. The van der Waals surface area contributed by atoms with Gasteiger partial charge in [-0.25, -0.2) is 0 Å². The van der Waals surface area contributed by atoms with Gasteiger partial charge in [-0.15, -0.1) is 0 Å². The van der Waals surface area contributed by atoms with Crippen molar-refractivity contribution in [1.29, 1.82) is 0 Å². The minimum Gasteiger partial charge on any atom is -0.371 e. The standard InChI is InChI=1S/C15H29NO2/c1-11-9-12(2)13(3)16(10-11)8-7-14(17)15(4,5)18-6/h11-13H,7-10H2,1-6H3. The van der Waals surface area contributed by atoms with Crippen molar-refractivity contribution in [3.63, 3.8) is 0 Å². The number of rotatable bonds is 5. The molecule has 0 N–H and O–H groups in total. The Morgan fingerprint density at radius 3 is 2.50 bits per heavy atom. The first-order valence-electron chi connectivity index (χ1n) is 7.10. The van der Waals surface area contributed by atoms with Gasteiger partial charge in [-0.05, 0) is 39.0 Å². The first-order chi connectivity index (χ1) is 8.27. The molecule has 0 aliphatic carbocycles. The van der Waals surface area contributed by atoms with E-state index < -0.39 is 5.60 Å². The lowest BCUT2D eigenvalue weighted by Crippen LogP contribution is -2.47. The average molecular weight is 255 g/mol. The lowest BCUT2D eigenvalue weighted by Gasteiger charge is -2.41. The number of hydrogen-bond acceptors (Lipinski definition) is 3. The summed E-state index contributed by atoms with van der Waals surface area (Å²) in [6.45, 7) is 12.6. The Labute approximate surface area is 112 Å². The molecule has 1 aliphatic rings. The Balaban J connectivity index is 2.50. The van der Waals surface area contributed by atoms with Gasteiger partial charge in [-0.1, -0.05) is 13.8 Å². The van der Waals surface area contributed by atoms with Crippen LogP contribution in [0.15, 0.2) is 0 Å². The summed E-state index contributed by atoms with van der Waals surface area (Å²) in [5.41, 5.74) is -0.643. The predicted octanol–water partition coefficient (Wildman–Crippen LogP) is 2.74. The Bertz CT molecular complexity index is 288. The number of likely N-dealkylation sites (tertiary alicyclic amines) is 1. The van der Waals surface area contributed by atoms with E-state index in [0.29, 0.717) is 12.5 Å². The fourth-order valence-electron chi connectivity index (χ4n) is 2.79. The molecule has 0 aromatic heterocycles. The van der Waals surface area contributed by atoms with Crippen LogP contribution >= 0.6 is 0 Å². The maximum absolute atomic E-state index is 12.1. The second-order valence-corrected chi connectivity index (χ2v) is 6.44. The van der Waals surface area contributed by atoms with Crippen molar-refractivity contribution in [2.45, 2.75) is 59.1 Å². The van der Waals surface area contributed by atoms with E-state index in [1.165, 1.54) is 6.42 Å². The SMILES string of the molecule is COC(C)(C)C(=O)CCN1CC(C)CC(C)C1C. The van der Waals surface area contributed by atoms with E-state index in [2.05, 4.69) is 25.7 Å². The Hall–Kier alpha value is -0.410. The van der Waals surface area contributed by atoms with Gasteiger partial charge in [0, 0.05) is 32.7 Å². The first-order valence-corrected chi connectivity index (χ1v) is 7.10. The van der Waals surface area contributed by atoms with Crippen LogP contribution in [0.2, 0.25) is 0 Å². The molecule has 1 aliphatic heterocycles. The van der Waals surface area contributed by atoms with Crippen LogP contribution < -0.4 is 0 Å². The van der Waals surface area contributed by atoms with Gasteiger partial charge in [-0.3, -0.25) is 9.69 Å². The number of ether oxygens (including phenoxy) is 1. The van der Waals surface area contributed by atoms with Crippen molar-refractivity contribution in [3.8, 4) is 0 Å². The molecular weight excluding hydrogens is 226 g/mol. The van der Waals surface area contributed by atoms with Gasteiger partial charge in [0.25, 0.3) is 0 Å². The summed E-state index contributed by atoms with van der Waals surface area (Å²) in [7, 11) is 1.60. The summed E-state index contributed by atoms with van der Waals surface area (Å²) in [6, 6.07) is 0.583. The summed E-state index contributed by atoms with van der Waals surface area (Å²) in [5.74, 6) is 1.66. The van der Waals surface area contributed by atoms with E-state index in [1.54, 1.807) is 7.11 Å². The van der Waals surface area contributed by atoms with E-state index in [-0.39, 0.29) is 5.78 Å². The quantitative estimate of drug-likeness (QED) is 0.756. The minimum atomic E-state index is -0.643. The minimum absolute atomic E-state index is 0.197. The highest BCUT2D eigenvalue weighted by Gasteiger charge is 2.31. The van der Waals surface area contributed by atoms with Crippen molar-refractivity contribution < 1.29 is 9.53 Å². The highest BCUT2D eigenvalue weighted by Crippen LogP contribution is 2.27. The van der Waals surface area contributed by atoms with Crippen LogP contribution in [-0.2, 0) is 9.53 Å². The summed E-state index contributed by atoms with van der Waals surface area (Å²) < 4.78 is 5.24. The largest absolute Gasteiger partial charge is 0.371 e. The zero-order chi connectivity index (χ0) is 13.9. The van der Waals surface area contributed by atoms with E-state index in [4.69, 9.17) is 4.74 Å². The normalized spacial score (nSPS) is 30.4. The van der Waals surface area contributed by atoms with Gasteiger partial charge in [0.05, 0.1) is 0 Å². The van der Waals surface area contributed by atoms with E-state index in [1.807, 2.05) is 13.8 Å². The van der Waals surface area contributed by atoms with Gasteiger partial charge in [-0.2, -0.15) is 0 Å². The van der Waals surface area contributed by atoms with Crippen molar-refractivity contribution >= 4 is 5.78 Å². The Kier molecular flexibility index (Phi) is 5.35. The van der Waals surface area contributed by atoms with Crippen LogP contribution in [-0.4, -0.2) is 42.5 Å². The van der Waals surface area contributed by atoms with Crippen LogP contribution in [0, 0.1) is 11.8 Å². The molecule has 3 unspecified atom stereocenters. The molecule has 0 radical (unpaired) electrons. The lowest BCUT2D eigenvalue weighted by atomic mass is 9.85. The molecule has 0 spiro atoms. The number of piperidine rings is 1. The van der Waals surface area contributed by atoms with Crippen LogP contribution in [0.1, 0.15) is 47.5 Å². The molecule has 0 amide bonds. The molecule has 1 fully saturated rings. The van der Waals surface area contributed by atoms with Crippen LogP contribution in [0.3, 0.4) is 0 Å².